The molecule has 0 saturated heterocycles. The van der Waals surface area contributed by atoms with E-state index in [2.05, 4.69) is 38.9 Å². The molecule has 4 aromatic rings. The summed E-state index contributed by atoms with van der Waals surface area (Å²) in [5, 5.41) is 0. The Kier molecular flexibility index (Phi) is 4.38. The summed E-state index contributed by atoms with van der Waals surface area (Å²) in [5.74, 6) is 0.865. The first kappa shape index (κ1) is 17.0. The first-order chi connectivity index (χ1) is 12.6. The number of aromatic nitrogens is 4. The van der Waals surface area contributed by atoms with Crippen LogP contribution in [0.3, 0.4) is 0 Å². The van der Waals surface area contributed by atoms with Gasteiger partial charge in [-0.3, -0.25) is 4.98 Å². The van der Waals surface area contributed by atoms with Gasteiger partial charge in [-0.15, -0.1) is 11.3 Å². The molecule has 4 rings (SSSR count). The van der Waals surface area contributed by atoms with Gasteiger partial charge in [0.25, 0.3) is 0 Å². The summed E-state index contributed by atoms with van der Waals surface area (Å²) >= 11 is 7.61. The normalized spacial score (nSPS) is 11.2. The van der Waals surface area contributed by atoms with Gasteiger partial charge < -0.3 is 9.47 Å². The number of rotatable bonds is 4. The Bertz CT molecular complexity index is 1080. The lowest BCUT2D eigenvalue weighted by Crippen LogP contribution is -2.14. The van der Waals surface area contributed by atoms with Crippen molar-refractivity contribution in [3.05, 3.63) is 52.9 Å². The van der Waals surface area contributed by atoms with E-state index in [4.69, 9.17) is 11.6 Å². The maximum absolute atomic E-state index is 6.06. The van der Waals surface area contributed by atoms with Crippen LogP contribution in [-0.4, -0.2) is 26.6 Å². The second-order valence-corrected chi connectivity index (χ2v) is 7.82. The smallest absolute Gasteiger partial charge is 0.134 e. The molecule has 7 heteroatoms. The summed E-state index contributed by atoms with van der Waals surface area (Å²) in [7, 11) is 4.00. The van der Waals surface area contributed by atoms with Crippen LogP contribution in [0.5, 0.6) is 0 Å². The number of aryl methyl sites for hydroxylation is 2. The standard InChI is InChI=1S/C19H18ClN5S/c1-4-12-7-13(17-5-6-18(20)26-17)21-10-16(12)25(3)19-8-15-14(9-22-19)23-11-24(15)2/h5-11H,4H2,1-3H3. The summed E-state index contributed by atoms with van der Waals surface area (Å²) in [5.41, 5.74) is 5.16. The van der Waals surface area contributed by atoms with E-state index in [1.54, 1.807) is 17.7 Å². The third-order valence-corrected chi connectivity index (χ3v) is 5.73. The summed E-state index contributed by atoms with van der Waals surface area (Å²) < 4.78 is 2.77. The fourth-order valence-electron chi connectivity index (χ4n) is 2.99. The number of thiophene rings is 1. The SMILES string of the molecule is CCc1cc(-c2ccc(Cl)s2)ncc1N(C)c1cc2c(cn1)ncn2C. The molecule has 0 aromatic carbocycles. The zero-order valence-corrected chi connectivity index (χ0v) is 16.3. The van der Waals surface area contributed by atoms with Gasteiger partial charge in [0.05, 0.1) is 44.8 Å². The lowest BCUT2D eigenvalue weighted by atomic mass is 10.1. The molecule has 0 unspecified atom stereocenters. The minimum Gasteiger partial charge on any atom is -0.334 e. The molecule has 0 saturated carbocycles. The fourth-order valence-corrected chi connectivity index (χ4v) is 4.00. The topological polar surface area (TPSA) is 46.8 Å². The highest BCUT2D eigenvalue weighted by molar-refractivity contribution is 7.19. The van der Waals surface area contributed by atoms with E-state index in [1.165, 1.54) is 5.56 Å². The molecule has 0 spiro atoms. The zero-order chi connectivity index (χ0) is 18.3. The highest BCUT2D eigenvalue weighted by atomic mass is 35.5. The second-order valence-electron chi connectivity index (χ2n) is 6.10. The summed E-state index contributed by atoms with van der Waals surface area (Å²) in [6, 6.07) is 8.10. The number of pyridine rings is 2. The van der Waals surface area contributed by atoms with Crippen molar-refractivity contribution in [2.75, 3.05) is 11.9 Å². The molecule has 0 N–H and O–H groups in total. The van der Waals surface area contributed by atoms with Gasteiger partial charge in [-0.25, -0.2) is 9.97 Å². The van der Waals surface area contributed by atoms with E-state index in [9.17, 15) is 0 Å². The van der Waals surface area contributed by atoms with Crippen molar-refractivity contribution in [1.29, 1.82) is 0 Å². The Morgan fingerprint density at radius 3 is 2.73 bits per heavy atom. The second kappa shape index (κ2) is 6.70. The largest absolute Gasteiger partial charge is 0.334 e. The molecule has 0 radical (unpaired) electrons. The average molecular weight is 384 g/mol. The van der Waals surface area contributed by atoms with Gasteiger partial charge in [0.15, 0.2) is 0 Å². The van der Waals surface area contributed by atoms with Crippen molar-refractivity contribution in [3.8, 4) is 10.6 Å². The fraction of sp³-hybridized carbons (Fsp3) is 0.211. The number of hydrogen-bond donors (Lipinski definition) is 0. The number of nitrogens with zero attached hydrogens (tertiary/aromatic N) is 5. The first-order valence-electron chi connectivity index (χ1n) is 8.32. The van der Waals surface area contributed by atoms with E-state index >= 15 is 0 Å². The molecular weight excluding hydrogens is 366 g/mol. The predicted molar refractivity (Wildman–Crippen MR) is 109 cm³/mol. The van der Waals surface area contributed by atoms with Crippen LogP contribution < -0.4 is 4.90 Å². The van der Waals surface area contributed by atoms with Gasteiger partial charge in [0, 0.05) is 20.2 Å². The summed E-state index contributed by atoms with van der Waals surface area (Å²) in [6.07, 6.45) is 6.43. The molecule has 132 valence electrons. The van der Waals surface area contributed by atoms with Crippen molar-refractivity contribution >= 4 is 45.5 Å². The van der Waals surface area contributed by atoms with Gasteiger partial charge >= 0.3 is 0 Å². The first-order valence-corrected chi connectivity index (χ1v) is 9.51. The van der Waals surface area contributed by atoms with Crippen LogP contribution in [0.25, 0.3) is 21.6 Å². The molecule has 0 amide bonds. The molecule has 4 heterocycles. The van der Waals surface area contributed by atoms with Crippen molar-refractivity contribution in [1.82, 2.24) is 19.5 Å². The molecule has 0 aliphatic carbocycles. The third kappa shape index (κ3) is 2.95. The Morgan fingerprint density at radius 2 is 2.00 bits per heavy atom. The van der Waals surface area contributed by atoms with Gasteiger partial charge in [0.2, 0.25) is 0 Å². The van der Waals surface area contributed by atoms with E-state index in [1.807, 2.05) is 43.2 Å². The Hall–Kier alpha value is -2.44. The van der Waals surface area contributed by atoms with E-state index in [0.717, 1.165) is 43.9 Å². The van der Waals surface area contributed by atoms with Crippen molar-refractivity contribution in [2.24, 2.45) is 7.05 Å². The average Bonchev–Trinajstić information content (AvgIpc) is 3.26. The van der Waals surface area contributed by atoms with Crippen LogP contribution in [-0.2, 0) is 13.5 Å². The van der Waals surface area contributed by atoms with E-state index in [0.29, 0.717) is 0 Å². The lowest BCUT2D eigenvalue weighted by molar-refractivity contribution is 0.946. The summed E-state index contributed by atoms with van der Waals surface area (Å²) in [4.78, 5) is 16.7. The summed E-state index contributed by atoms with van der Waals surface area (Å²) in [6.45, 7) is 2.15. The molecule has 0 aliphatic heterocycles. The molecule has 5 nitrogen and oxygen atoms in total. The van der Waals surface area contributed by atoms with Crippen LogP contribution in [0.4, 0.5) is 11.5 Å². The Balaban J connectivity index is 1.74. The van der Waals surface area contributed by atoms with Crippen LogP contribution in [0.2, 0.25) is 4.34 Å². The quantitative estimate of drug-likeness (QED) is 0.493. The number of hydrogen-bond acceptors (Lipinski definition) is 5. The maximum atomic E-state index is 6.06. The van der Waals surface area contributed by atoms with Gasteiger partial charge in [0.1, 0.15) is 11.3 Å². The number of fused-ring (bicyclic) bond motifs is 1. The number of anilines is 2. The van der Waals surface area contributed by atoms with Crippen LogP contribution in [0.15, 0.2) is 43.0 Å². The van der Waals surface area contributed by atoms with Gasteiger partial charge in [-0.2, -0.15) is 0 Å². The Labute approximate surface area is 160 Å². The van der Waals surface area contributed by atoms with Crippen molar-refractivity contribution in [2.45, 2.75) is 13.3 Å². The molecule has 0 atom stereocenters. The third-order valence-electron chi connectivity index (χ3n) is 4.47. The van der Waals surface area contributed by atoms with Crippen molar-refractivity contribution in [3.63, 3.8) is 0 Å². The molecule has 0 fully saturated rings. The molecule has 0 aliphatic rings. The monoisotopic (exact) mass is 383 g/mol. The van der Waals surface area contributed by atoms with Gasteiger partial charge in [-0.05, 0) is 30.2 Å². The van der Waals surface area contributed by atoms with Crippen LogP contribution >= 0.6 is 22.9 Å². The highest BCUT2D eigenvalue weighted by Crippen LogP contribution is 2.33. The Morgan fingerprint density at radius 1 is 1.15 bits per heavy atom. The van der Waals surface area contributed by atoms with Crippen LogP contribution in [0.1, 0.15) is 12.5 Å². The van der Waals surface area contributed by atoms with E-state index < -0.39 is 0 Å². The van der Waals surface area contributed by atoms with E-state index in [-0.39, 0.29) is 0 Å². The predicted octanol–water partition coefficient (Wildman–Crippen LogP) is 5.08. The number of imidazole rings is 1. The maximum Gasteiger partial charge on any atom is 0.134 e. The lowest BCUT2D eigenvalue weighted by Gasteiger charge is -2.21. The molecule has 0 bridgehead atoms. The number of halogens is 1. The molecule has 4 aromatic heterocycles. The highest BCUT2D eigenvalue weighted by Gasteiger charge is 2.14. The van der Waals surface area contributed by atoms with Gasteiger partial charge in [-0.1, -0.05) is 18.5 Å². The van der Waals surface area contributed by atoms with Crippen LogP contribution in [0, 0.1) is 0 Å². The van der Waals surface area contributed by atoms with Crippen molar-refractivity contribution < 1.29 is 0 Å². The molecular formula is C19H18ClN5S. The minimum atomic E-state index is 0.773. The minimum absolute atomic E-state index is 0.773. The zero-order valence-electron chi connectivity index (χ0n) is 14.8. The molecule has 26 heavy (non-hydrogen) atoms.